The number of Topliss-reactive ketones (excluding diaryl/α,β-unsaturated/α-hetero) is 2. The molecule has 22 heavy (non-hydrogen) atoms. The number of hydrogen-bond acceptors (Lipinski definition) is 3. The molecule has 4 fully saturated rings. The van der Waals surface area contributed by atoms with Crippen molar-refractivity contribution in [2.24, 2.45) is 34.5 Å². The van der Waals surface area contributed by atoms with Crippen molar-refractivity contribution in [2.45, 2.75) is 71.3 Å². The molecule has 2 unspecified atom stereocenters. The van der Waals surface area contributed by atoms with Crippen LogP contribution in [0.4, 0.5) is 0 Å². The normalized spacial score (nSPS) is 54.6. The van der Waals surface area contributed by atoms with Crippen LogP contribution in [0.15, 0.2) is 0 Å². The zero-order valence-electron chi connectivity index (χ0n) is 13.8. The lowest BCUT2D eigenvalue weighted by Gasteiger charge is -2.60. The monoisotopic (exact) mass is 304 g/mol. The highest BCUT2D eigenvalue weighted by Crippen LogP contribution is 2.64. The Morgan fingerprint density at radius 3 is 2.59 bits per heavy atom. The molecule has 0 aliphatic heterocycles. The van der Waals surface area contributed by atoms with Gasteiger partial charge in [-0.2, -0.15) is 0 Å². The molecule has 3 nitrogen and oxygen atoms in total. The van der Waals surface area contributed by atoms with Gasteiger partial charge in [-0.05, 0) is 49.9 Å². The van der Waals surface area contributed by atoms with Gasteiger partial charge in [-0.15, -0.1) is 0 Å². The minimum atomic E-state index is -0.343. The van der Waals surface area contributed by atoms with Crippen LogP contribution in [0.2, 0.25) is 0 Å². The van der Waals surface area contributed by atoms with E-state index in [1.54, 1.807) is 0 Å². The largest absolute Gasteiger partial charge is 0.393 e. The molecule has 0 spiro atoms. The lowest BCUT2D eigenvalue weighted by molar-refractivity contribution is -0.175. The van der Waals surface area contributed by atoms with E-state index in [-0.39, 0.29) is 22.9 Å². The first-order valence-electron chi connectivity index (χ1n) is 9.13. The number of aliphatic hydroxyl groups is 1. The molecule has 0 aromatic rings. The zero-order chi connectivity index (χ0) is 15.7. The number of carbonyl (C=O) groups excluding carboxylic acids is 2. The Bertz CT molecular complexity index is 527. The molecule has 3 heteroatoms. The highest BCUT2D eigenvalue weighted by Gasteiger charge is 2.63. The smallest absolute Gasteiger partial charge is 0.139 e. The number of hydrogen-bond donors (Lipinski definition) is 1. The molecular weight excluding hydrogens is 276 g/mol. The van der Waals surface area contributed by atoms with Gasteiger partial charge < -0.3 is 5.11 Å². The van der Waals surface area contributed by atoms with Crippen LogP contribution in [0.25, 0.3) is 0 Å². The summed E-state index contributed by atoms with van der Waals surface area (Å²) in [4.78, 5) is 25.2. The van der Waals surface area contributed by atoms with Gasteiger partial charge in [0.15, 0.2) is 0 Å². The Kier molecular flexibility index (Phi) is 3.15. The molecule has 4 rings (SSSR count). The van der Waals surface area contributed by atoms with E-state index in [4.69, 9.17) is 0 Å². The van der Waals surface area contributed by atoms with Crippen LogP contribution in [0.1, 0.15) is 65.2 Å². The summed E-state index contributed by atoms with van der Waals surface area (Å²) in [6, 6.07) is 0. The molecule has 7 atom stereocenters. The van der Waals surface area contributed by atoms with Gasteiger partial charge in [0.25, 0.3) is 0 Å². The van der Waals surface area contributed by atoms with Gasteiger partial charge in [0.2, 0.25) is 0 Å². The number of aliphatic hydroxyl groups excluding tert-OH is 1. The molecule has 122 valence electrons. The SMILES string of the molecule is C[C@]12C(O)CCCC1C(=O)C[C@@H]1[C@@H]2CC[C@]2(C)C(=O)CC[C@@H]12. The molecule has 0 saturated heterocycles. The summed E-state index contributed by atoms with van der Waals surface area (Å²) < 4.78 is 0. The van der Waals surface area contributed by atoms with Crippen LogP contribution >= 0.6 is 0 Å². The fraction of sp³-hybridized carbons (Fsp3) is 0.895. The number of fused-ring (bicyclic) bond motifs is 5. The summed E-state index contributed by atoms with van der Waals surface area (Å²) in [6.45, 7) is 4.31. The molecule has 0 aromatic heterocycles. The van der Waals surface area contributed by atoms with Crippen molar-refractivity contribution in [1.29, 1.82) is 0 Å². The predicted octanol–water partition coefficient (Wildman–Crippen LogP) is 3.14. The second-order valence-corrected chi connectivity index (χ2v) is 8.83. The van der Waals surface area contributed by atoms with Crippen molar-refractivity contribution in [3.8, 4) is 0 Å². The fourth-order valence-electron chi connectivity index (χ4n) is 6.87. The van der Waals surface area contributed by atoms with Gasteiger partial charge >= 0.3 is 0 Å². The molecule has 4 aliphatic rings. The number of ketones is 2. The summed E-state index contributed by atoms with van der Waals surface area (Å²) >= 11 is 0. The maximum Gasteiger partial charge on any atom is 0.139 e. The summed E-state index contributed by atoms with van der Waals surface area (Å²) in [5.74, 6) is 1.96. The van der Waals surface area contributed by atoms with Crippen LogP contribution < -0.4 is 0 Å². The van der Waals surface area contributed by atoms with Crippen LogP contribution in [0, 0.1) is 34.5 Å². The van der Waals surface area contributed by atoms with Crippen LogP contribution in [0.5, 0.6) is 0 Å². The van der Waals surface area contributed by atoms with Crippen LogP contribution in [0.3, 0.4) is 0 Å². The second-order valence-electron chi connectivity index (χ2n) is 8.83. The Labute approximate surface area is 132 Å². The van der Waals surface area contributed by atoms with Crippen LogP contribution in [-0.4, -0.2) is 22.8 Å². The van der Waals surface area contributed by atoms with Gasteiger partial charge in [-0.25, -0.2) is 0 Å². The van der Waals surface area contributed by atoms with E-state index >= 15 is 0 Å². The molecule has 0 bridgehead atoms. The molecule has 0 radical (unpaired) electrons. The minimum Gasteiger partial charge on any atom is -0.393 e. The highest BCUT2D eigenvalue weighted by atomic mass is 16.3. The van der Waals surface area contributed by atoms with Gasteiger partial charge in [0.1, 0.15) is 11.6 Å². The van der Waals surface area contributed by atoms with Crippen molar-refractivity contribution >= 4 is 11.6 Å². The Hall–Kier alpha value is -0.700. The van der Waals surface area contributed by atoms with Crippen molar-refractivity contribution in [2.75, 3.05) is 0 Å². The van der Waals surface area contributed by atoms with Crippen molar-refractivity contribution in [3.05, 3.63) is 0 Å². The minimum absolute atomic E-state index is 0.0546. The molecule has 1 N–H and O–H groups in total. The van der Waals surface area contributed by atoms with E-state index < -0.39 is 0 Å². The first kappa shape index (κ1) is 14.9. The average Bonchev–Trinajstić information content (AvgIpc) is 2.78. The van der Waals surface area contributed by atoms with Gasteiger partial charge in [-0.3, -0.25) is 9.59 Å². The van der Waals surface area contributed by atoms with E-state index in [1.165, 1.54) is 0 Å². The molecule has 4 aliphatic carbocycles. The summed E-state index contributed by atoms with van der Waals surface area (Å²) in [6.07, 6.45) is 6.71. The standard InChI is InChI=1S/C19H28O3/c1-18-9-8-13-11(12(18)6-7-16(18)21)10-15(20)14-4-3-5-17(22)19(13,14)2/h11-14,17,22H,3-10H2,1-2H3/t11-,12-,13-,14?,17?,18-,19+/m0/s1. The lowest BCUT2D eigenvalue weighted by atomic mass is 9.44. The number of rotatable bonds is 0. The van der Waals surface area contributed by atoms with E-state index in [1.807, 2.05) is 0 Å². The van der Waals surface area contributed by atoms with Crippen LogP contribution in [-0.2, 0) is 9.59 Å². The predicted molar refractivity (Wildman–Crippen MR) is 83.1 cm³/mol. The molecular formula is C19H28O3. The summed E-state index contributed by atoms with van der Waals surface area (Å²) in [5, 5.41) is 10.8. The van der Waals surface area contributed by atoms with E-state index in [0.717, 1.165) is 38.5 Å². The molecule has 0 heterocycles. The third-order valence-corrected chi connectivity index (χ3v) is 8.21. The van der Waals surface area contributed by atoms with Gasteiger partial charge in [-0.1, -0.05) is 20.3 Å². The van der Waals surface area contributed by atoms with Gasteiger partial charge in [0, 0.05) is 29.6 Å². The highest BCUT2D eigenvalue weighted by molar-refractivity contribution is 5.88. The molecule has 4 saturated carbocycles. The molecule has 0 amide bonds. The van der Waals surface area contributed by atoms with E-state index in [2.05, 4.69) is 13.8 Å². The fourth-order valence-corrected chi connectivity index (χ4v) is 6.87. The zero-order valence-corrected chi connectivity index (χ0v) is 13.8. The first-order chi connectivity index (χ1) is 10.4. The molecule has 0 aromatic carbocycles. The third kappa shape index (κ3) is 1.67. The average molecular weight is 304 g/mol. The van der Waals surface area contributed by atoms with E-state index in [9.17, 15) is 14.7 Å². The Morgan fingerprint density at radius 1 is 1.05 bits per heavy atom. The van der Waals surface area contributed by atoms with Crippen molar-refractivity contribution < 1.29 is 14.7 Å². The topological polar surface area (TPSA) is 54.4 Å². The number of carbonyl (C=O) groups is 2. The summed E-state index contributed by atoms with van der Waals surface area (Å²) in [5.41, 5.74) is -0.435. The quantitative estimate of drug-likeness (QED) is 0.748. The Balaban J connectivity index is 1.74. The maximum atomic E-state index is 12.8. The second kappa shape index (κ2) is 4.66. The van der Waals surface area contributed by atoms with Crippen molar-refractivity contribution in [1.82, 2.24) is 0 Å². The van der Waals surface area contributed by atoms with Gasteiger partial charge in [0.05, 0.1) is 6.10 Å². The first-order valence-corrected chi connectivity index (χ1v) is 9.13. The Morgan fingerprint density at radius 2 is 1.82 bits per heavy atom. The van der Waals surface area contributed by atoms with Crippen molar-refractivity contribution in [3.63, 3.8) is 0 Å². The third-order valence-electron chi connectivity index (χ3n) is 8.21. The van der Waals surface area contributed by atoms with E-state index in [0.29, 0.717) is 42.2 Å². The maximum absolute atomic E-state index is 12.8. The summed E-state index contributed by atoms with van der Waals surface area (Å²) in [7, 11) is 0. The lowest BCUT2D eigenvalue weighted by Crippen LogP contribution is -2.60.